The number of rotatable bonds is 2. The van der Waals surface area contributed by atoms with Gasteiger partial charge in [-0.3, -0.25) is 4.68 Å². The van der Waals surface area contributed by atoms with E-state index in [9.17, 15) is 0 Å². The number of aromatic nitrogens is 2. The molecule has 1 heterocycles. The molecule has 1 saturated carbocycles. The zero-order valence-corrected chi connectivity index (χ0v) is 11.5. The molecule has 0 radical (unpaired) electrons. The molecule has 0 spiro atoms. The molecule has 3 unspecified atom stereocenters. The SMILES string of the molecule is Cc1c(C(N)C2CC(C)CC(C)C2)cnn1C. The van der Waals surface area contributed by atoms with Crippen LogP contribution >= 0.6 is 0 Å². The maximum atomic E-state index is 6.46. The van der Waals surface area contributed by atoms with Crippen LogP contribution in [0.1, 0.15) is 50.4 Å². The zero-order chi connectivity index (χ0) is 12.6. The number of nitrogens with two attached hydrogens (primary N) is 1. The normalized spacial score (nSPS) is 31.5. The van der Waals surface area contributed by atoms with Crippen LogP contribution in [-0.4, -0.2) is 9.78 Å². The minimum absolute atomic E-state index is 0.161. The van der Waals surface area contributed by atoms with Gasteiger partial charge in [0.1, 0.15) is 0 Å². The summed E-state index contributed by atoms with van der Waals surface area (Å²) in [6.07, 6.45) is 5.83. The van der Waals surface area contributed by atoms with Gasteiger partial charge in [0.15, 0.2) is 0 Å². The summed E-state index contributed by atoms with van der Waals surface area (Å²) in [6.45, 7) is 6.81. The van der Waals surface area contributed by atoms with Gasteiger partial charge < -0.3 is 5.73 Å². The molecule has 1 aromatic heterocycles. The standard InChI is InChI=1S/C14H25N3/c1-9-5-10(2)7-12(6-9)14(15)13-8-16-17(4)11(13)3/h8-10,12,14H,5-7,15H2,1-4H3. The van der Waals surface area contributed by atoms with Crippen molar-refractivity contribution in [3.63, 3.8) is 0 Å². The first kappa shape index (κ1) is 12.6. The third-order valence-electron chi connectivity index (χ3n) is 4.36. The third kappa shape index (κ3) is 2.54. The van der Waals surface area contributed by atoms with Crippen molar-refractivity contribution in [1.82, 2.24) is 9.78 Å². The van der Waals surface area contributed by atoms with E-state index < -0.39 is 0 Å². The van der Waals surface area contributed by atoms with Crippen LogP contribution < -0.4 is 5.73 Å². The summed E-state index contributed by atoms with van der Waals surface area (Å²) in [5.41, 5.74) is 8.90. The molecule has 0 bridgehead atoms. The highest BCUT2D eigenvalue weighted by Gasteiger charge is 2.30. The first-order chi connectivity index (χ1) is 7.99. The van der Waals surface area contributed by atoms with Crippen LogP contribution in [0.25, 0.3) is 0 Å². The summed E-state index contributed by atoms with van der Waals surface area (Å²) in [5.74, 6) is 2.25. The van der Waals surface area contributed by atoms with Gasteiger partial charge in [0, 0.05) is 24.3 Å². The molecule has 1 aliphatic rings. The quantitative estimate of drug-likeness (QED) is 0.856. The Labute approximate surface area is 104 Å². The lowest BCUT2D eigenvalue weighted by atomic mass is 9.73. The predicted octanol–water partition coefficient (Wildman–Crippen LogP) is 2.80. The second kappa shape index (κ2) is 4.81. The summed E-state index contributed by atoms with van der Waals surface area (Å²) in [6, 6.07) is 0.161. The molecule has 3 atom stereocenters. The molecule has 17 heavy (non-hydrogen) atoms. The lowest BCUT2D eigenvalue weighted by Gasteiger charge is -2.35. The van der Waals surface area contributed by atoms with Crippen molar-refractivity contribution in [1.29, 1.82) is 0 Å². The first-order valence-electron chi connectivity index (χ1n) is 6.73. The highest BCUT2D eigenvalue weighted by molar-refractivity contribution is 5.21. The number of hydrogen-bond acceptors (Lipinski definition) is 2. The van der Waals surface area contributed by atoms with E-state index in [0.29, 0.717) is 5.92 Å². The molecule has 2 rings (SSSR count). The van der Waals surface area contributed by atoms with Crippen molar-refractivity contribution in [2.45, 2.75) is 46.1 Å². The molecule has 96 valence electrons. The van der Waals surface area contributed by atoms with Gasteiger partial charge >= 0.3 is 0 Å². The van der Waals surface area contributed by atoms with E-state index in [0.717, 1.165) is 11.8 Å². The second-order valence-corrected chi connectivity index (χ2v) is 6.01. The van der Waals surface area contributed by atoms with E-state index in [4.69, 9.17) is 5.73 Å². The number of nitrogens with zero attached hydrogens (tertiary/aromatic N) is 2. The van der Waals surface area contributed by atoms with E-state index in [1.807, 2.05) is 17.9 Å². The second-order valence-electron chi connectivity index (χ2n) is 6.01. The predicted molar refractivity (Wildman–Crippen MR) is 70.5 cm³/mol. The van der Waals surface area contributed by atoms with Gasteiger partial charge in [-0.1, -0.05) is 13.8 Å². The lowest BCUT2D eigenvalue weighted by Crippen LogP contribution is -2.29. The Hall–Kier alpha value is -0.830. The fourth-order valence-corrected chi connectivity index (χ4v) is 3.40. The van der Waals surface area contributed by atoms with E-state index in [-0.39, 0.29) is 6.04 Å². The van der Waals surface area contributed by atoms with Gasteiger partial charge in [-0.2, -0.15) is 5.10 Å². The molecule has 1 fully saturated rings. The van der Waals surface area contributed by atoms with Crippen LogP contribution in [0.2, 0.25) is 0 Å². The lowest BCUT2D eigenvalue weighted by molar-refractivity contribution is 0.193. The van der Waals surface area contributed by atoms with Gasteiger partial charge in [0.2, 0.25) is 0 Å². The van der Waals surface area contributed by atoms with Crippen LogP contribution in [-0.2, 0) is 7.05 Å². The van der Waals surface area contributed by atoms with Gasteiger partial charge in [-0.25, -0.2) is 0 Å². The van der Waals surface area contributed by atoms with Gasteiger partial charge in [-0.05, 0) is 43.9 Å². The van der Waals surface area contributed by atoms with Gasteiger partial charge in [-0.15, -0.1) is 0 Å². The van der Waals surface area contributed by atoms with E-state index >= 15 is 0 Å². The Morgan fingerprint density at radius 2 is 1.88 bits per heavy atom. The fraction of sp³-hybridized carbons (Fsp3) is 0.786. The summed E-state index contributed by atoms with van der Waals surface area (Å²) < 4.78 is 1.92. The maximum Gasteiger partial charge on any atom is 0.0540 e. The third-order valence-corrected chi connectivity index (χ3v) is 4.36. The van der Waals surface area contributed by atoms with Crippen molar-refractivity contribution in [2.24, 2.45) is 30.5 Å². The van der Waals surface area contributed by atoms with Gasteiger partial charge in [0.25, 0.3) is 0 Å². The monoisotopic (exact) mass is 235 g/mol. The zero-order valence-electron chi connectivity index (χ0n) is 11.5. The Morgan fingerprint density at radius 1 is 1.29 bits per heavy atom. The van der Waals surface area contributed by atoms with Crippen LogP contribution in [0.3, 0.4) is 0 Å². The Balaban J connectivity index is 2.14. The molecule has 0 aromatic carbocycles. The first-order valence-corrected chi connectivity index (χ1v) is 6.73. The van der Waals surface area contributed by atoms with Crippen molar-refractivity contribution in [3.8, 4) is 0 Å². The molecule has 1 aromatic rings. The largest absolute Gasteiger partial charge is 0.324 e. The molecule has 2 N–H and O–H groups in total. The molecule has 0 amide bonds. The van der Waals surface area contributed by atoms with Crippen molar-refractivity contribution >= 4 is 0 Å². The summed E-state index contributed by atoms with van der Waals surface area (Å²) in [5, 5.41) is 4.31. The number of hydrogen-bond donors (Lipinski definition) is 1. The molecule has 0 saturated heterocycles. The van der Waals surface area contributed by atoms with E-state index in [2.05, 4.69) is 25.9 Å². The minimum atomic E-state index is 0.161. The minimum Gasteiger partial charge on any atom is -0.324 e. The highest BCUT2D eigenvalue weighted by Crippen LogP contribution is 2.39. The fourth-order valence-electron chi connectivity index (χ4n) is 3.40. The van der Waals surface area contributed by atoms with Crippen LogP contribution in [0.5, 0.6) is 0 Å². The van der Waals surface area contributed by atoms with Gasteiger partial charge in [0.05, 0.1) is 6.20 Å². The summed E-state index contributed by atoms with van der Waals surface area (Å²) >= 11 is 0. The summed E-state index contributed by atoms with van der Waals surface area (Å²) in [7, 11) is 1.98. The molecule has 3 heteroatoms. The maximum absolute atomic E-state index is 6.46. The average Bonchev–Trinajstić information content (AvgIpc) is 2.57. The molecule has 0 aliphatic heterocycles. The van der Waals surface area contributed by atoms with Crippen LogP contribution in [0.4, 0.5) is 0 Å². The van der Waals surface area contributed by atoms with Crippen molar-refractivity contribution < 1.29 is 0 Å². The molecular weight excluding hydrogens is 210 g/mol. The average molecular weight is 235 g/mol. The molecule has 3 nitrogen and oxygen atoms in total. The Kier molecular flexibility index (Phi) is 3.57. The topological polar surface area (TPSA) is 43.8 Å². The summed E-state index contributed by atoms with van der Waals surface area (Å²) in [4.78, 5) is 0. The Morgan fingerprint density at radius 3 is 2.35 bits per heavy atom. The van der Waals surface area contributed by atoms with Crippen LogP contribution in [0.15, 0.2) is 6.20 Å². The van der Waals surface area contributed by atoms with Crippen LogP contribution in [0, 0.1) is 24.7 Å². The Bertz CT molecular complexity index is 373. The van der Waals surface area contributed by atoms with E-state index in [1.165, 1.54) is 30.5 Å². The van der Waals surface area contributed by atoms with Crippen molar-refractivity contribution in [2.75, 3.05) is 0 Å². The highest BCUT2D eigenvalue weighted by atomic mass is 15.3. The van der Waals surface area contributed by atoms with Crippen molar-refractivity contribution in [3.05, 3.63) is 17.5 Å². The molecule has 1 aliphatic carbocycles. The molecular formula is C14H25N3. The van der Waals surface area contributed by atoms with E-state index in [1.54, 1.807) is 0 Å². The smallest absolute Gasteiger partial charge is 0.0540 e. The number of aryl methyl sites for hydroxylation is 1.